The Hall–Kier alpha value is 0.314. The third kappa shape index (κ3) is 142. The Morgan fingerprint density at radius 2 is 1.00 bits per heavy atom. The molecule has 0 bridgehead atoms. The van der Waals surface area contributed by atoms with E-state index in [2.05, 4.69) is 51.8 Å². The Morgan fingerprint density at radius 1 is 0.909 bits per heavy atom. The molecule has 22 heavy (non-hydrogen) atoms. The fourth-order valence-electron chi connectivity index (χ4n) is 0. The van der Waals surface area contributed by atoms with Crippen LogP contribution in [0.15, 0.2) is 0 Å². The summed E-state index contributed by atoms with van der Waals surface area (Å²) in [7, 11) is 11.7. The fraction of sp³-hybridized carbons (Fsp3) is 1.00. The van der Waals surface area contributed by atoms with Gasteiger partial charge in [0.15, 0.2) is 0 Å². The number of hydrogen-bond donors (Lipinski definition) is 2. The normalized spacial score (nSPS) is 9.55. The molecule has 0 amide bonds. The Kier molecular flexibility index (Phi) is 40.3. The summed E-state index contributed by atoms with van der Waals surface area (Å²) in [6, 6.07) is 0. The average Bonchev–Trinajstić information content (AvgIpc) is 2.40. The van der Waals surface area contributed by atoms with Crippen molar-refractivity contribution in [2.24, 2.45) is 0 Å². The third-order valence-corrected chi connectivity index (χ3v) is 2.04. The molecule has 2 N–H and O–H groups in total. The zero-order valence-corrected chi connectivity index (χ0v) is 18.4. The maximum absolute atomic E-state index is 8.76. The van der Waals surface area contributed by atoms with E-state index in [9.17, 15) is 0 Å². The van der Waals surface area contributed by atoms with Crippen LogP contribution in [0.4, 0.5) is 0 Å². The molecule has 0 rings (SSSR count). The number of quaternary nitrogens is 1. The quantitative estimate of drug-likeness (QED) is 0.457. The molecule has 0 saturated carbocycles. The van der Waals surface area contributed by atoms with Crippen LogP contribution in [0.25, 0.3) is 0 Å². The van der Waals surface area contributed by atoms with E-state index < -0.39 is 0 Å². The Morgan fingerprint density at radius 3 is 1.00 bits per heavy atom. The van der Waals surface area contributed by atoms with Crippen molar-refractivity contribution < 1.29 is 38.7 Å². The van der Waals surface area contributed by atoms with Crippen molar-refractivity contribution in [3.8, 4) is 0 Å². The molecule has 0 aliphatic heterocycles. The van der Waals surface area contributed by atoms with E-state index in [0.29, 0.717) is 0 Å². The van der Waals surface area contributed by atoms with E-state index in [1.165, 1.54) is 0 Å². The monoisotopic (exact) mass is 360 g/mol. The topological polar surface area (TPSA) is 64.0 Å². The first-order chi connectivity index (χ1) is 9.83. The van der Waals surface area contributed by atoms with Gasteiger partial charge in [-0.3, -0.25) is 0 Å². The van der Waals surface area contributed by atoms with Crippen molar-refractivity contribution in [1.82, 2.24) is 9.80 Å². The number of nitrogens with zero attached hydrogens (tertiary/aromatic N) is 3. The molecular weight excluding hydrogens is 318 g/mol. The van der Waals surface area contributed by atoms with Crippen LogP contribution < -0.4 is 0 Å². The first-order valence-electron chi connectivity index (χ1n) is 7.57. The molecule has 0 aromatic carbocycles. The van der Waals surface area contributed by atoms with Crippen LogP contribution in [0.1, 0.15) is 34.6 Å². The van der Waals surface area contributed by atoms with E-state index in [1.807, 2.05) is 6.92 Å². The molecule has 0 aliphatic carbocycles. The standard InChI is InChI=1S/C4H12NO.2C4H11N.C3H8O.O.Ti/c1-4-5(2,3)6;2*1-4-5(2)3;1-3(2)4;;/h6H,4H2,1-3H3;2*4H2,1-3H3;3-4H,1-2H3;;/q+1;;;;;+2. The van der Waals surface area contributed by atoms with Crippen molar-refractivity contribution in [3.63, 3.8) is 0 Å². The number of hydroxylamine groups is 3. The zero-order chi connectivity index (χ0) is 19.4. The van der Waals surface area contributed by atoms with Gasteiger partial charge in [0.25, 0.3) is 0 Å². The summed E-state index contributed by atoms with van der Waals surface area (Å²) in [5, 5.41) is 16.8. The molecular formula is C15H42N3O3Ti+3. The second kappa shape index (κ2) is 26.2. The van der Waals surface area contributed by atoms with Crippen LogP contribution >= 0.6 is 0 Å². The maximum atomic E-state index is 8.76. The minimum absolute atomic E-state index is 0.0694. The third-order valence-electron chi connectivity index (χ3n) is 2.04. The first-order valence-corrected chi connectivity index (χ1v) is 8.21. The summed E-state index contributed by atoms with van der Waals surface area (Å²) >= 11 is 0.750. The molecule has 0 fully saturated rings. The van der Waals surface area contributed by atoms with Crippen LogP contribution in [-0.4, -0.2) is 92.8 Å². The molecule has 0 heterocycles. The Bertz CT molecular complexity index is 165. The molecule has 0 aromatic heterocycles. The first kappa shape index (κ1) is 33.8. The molecule has 0 unspecified atom stereocenters. The molecule has 136 valence electrons. The molecule has 7 heteroatoms. The van der Waals surface area contributed by atoms with Gasteiger partial charge in [-0.15, -0.1) is 0 Å². The SMILES string of the molecule is CC(C)O.CCN(C)C.CCN(C)C.CC[N+](C)(C)O.[O]=[Ti+2]. The van der Waals surface area contributed by atoms with Crippen molar-refractivity contribution in [2.45, 2.75) is 40.7 Å². The van der Waals surface area contributed by atoms with E-state index in [0.717, 1.165) is 40.0 Å². The second-order valence-corrected chi connectivity index (χ2v) is 5.82. The van der Waals surface area contributed by atoms with Crippen molar-refractivity contribution in [2.75, 3.05) is 61.9 Å². The van der Waals surface area contributed by atoms with E-state index >= 15 is 0 Å². The number of rotatable bonds is 3. The molecule has 6 nitrogen and oxygen atoms in total. The van der Waals surface area contributed by atoms with Crippen molar-refractivity contribution in [1.29, 1.82) is 0 Å². The summed E-state index contributed by atoms with van der Waals surface area (Å²) in [6.07, 6.45) is -0.167. The van der Waals surface area contributed by atoms with Gasteiger partial charge in [0.05, 0.1) is 14.1 Å². The van der Waals surface area contributed by atoms with Gasteiger partial charge in [0.1, 0.15) is 6.54 Å². The average molecular weight is 360 g/mol. The van der Waals surface area contributed by atoms with Gasteiger partial charge in [0.2, 0.25) is 0 Å². The fourth-order valence-corrected chi connectivity index (χ4v) is 0. The van der Waals surface area contributed by atoms with Crippen molar-refractivity contribution in [3.05, 3.63) is 0 Å². The molecule has 0 aromatic rings. The molecule has 0 spiro atoms. The van der Waals surface area contributed by atoms with Crippen LogP contribution in [-0.2, 0) is 23.7 Å². The van der Waals surface area contributed by atoms with E-state index in [-0.39, 0.29) is 10.8 Å². The van der Waals surface area contributed by atoms with E-state index in [4.69, 9.17) is 13.6 Å². The predicted octanol–water partition coefficient (Wildman–Crippen LogP) is 1.87. The zero-order valence-electron chi connectivity index (χ0n) is 16.8. The number of aliphatic hydroxyl groups excluding tert-OH is 1. The number of hydrogen-bond acceptors (Lipinski definition) is 5. The second-order valence-electron chi connectivity index (χ2n) is 5.82. The van der Waals surface area contributed by atoms with Crippen LogP contribution in [0, 0.1) is 0 Å². The predicted molar refractivity (Wildman–Crippen MR) is 90.9 cm³/mol. The molecule has 0 atom stereocenters. The van der Waals surface area contributed by atoms with Crippen LogP contribution in [0.3, 0.4) is 0 Å². The summed E-state index contributed by atoms with van der Waals surface area (Å²) in [5.74, 6) is 0. The van der Waals surface area contributed by atoms with Gasteiger partial charge >= 0.3 is 23.7 Å². The minimum atomic E-state index is -0.167. The van der Waals surface area contributed by atoms with Gasteiger partial charge in [-0.2, -0.15) is 4.65 Å². The van der Waals surface area contributed by atoms with Gasteiger partial charge in [0, 0.05) is 6.10 Å². The van der Waals surface area contributed by atoms with E-state index in [1.54, 1.807) is 27.9 Å². The summed E-state index contributed by atoms with van der Waals surface area (Å²) in [5.41, 5.74) is 0. The van der Waals surface area contributed by atoms with Gasteiger partial charge in [-0.1, -0.05) is 13.8 Å². The van der Waals surface area contributed by atoms with Gasteiger partial charge < -0.3 is 14.9 Å². The summed E-state index contributed by atoms with van der Waals surface area (Å²) < 4.78 is 8.32. The molecule has 0 aliphatic rings. The van der Waals surface area contributed by atoms with Crippen LogP contribution in [0.2, 0.25) is 0 Å². The van der Waals surface area contributed by atoms with Gasteiger partial charge in [-0.25, -0.2) is 5.21 Å². The number of aliphatic hydroxyl groups is 1. The summed E-state index contributed by atoms with van der Waals surface area (Å²) in [4.78, 5) is 4.25. The Labute approximate surface area is 151 Å². The summed E-state index contributed by atoms with van der Waals surface area (Å²) in [6.45, 7) is 12.7. The van der Waals surface area contributed by atoms with Crippen LogP contribution in [0.5, 0.6) is 0 Å². The molecule has 0 saturated heterocycles. The molecule has 0 radical (unpaired) electrons. The van der Waals surface area contributed by atoms with Crippen molar-refractivity contribution >= 4 is 0 Å². The van der Waals surface area contributed by atoms with Gasteiger partial charge in [-0.05, 0) is 62.1 Å². The Balaban J connectivity index is -0.0000000567.